The molecule has 0 saturated carbocycles. The maximum absolute atomic E-state index is 12.3. The van der Waals surface area contributed by atoms with Crippen molar-refractivity contribution in [1.29, 1.82) is 0 Å². The largest absolute Gasteiger partial charge is 0.495 e. The number of hydrogen-bond donors (Lipinski definition) is 1. The summed E-state index contributed by atoms with van der Waals surface area (Å²) in [6.07, 6.45) is 3.01. The number of aromatic nitrogens is 1. The number of sulfonamides is 1. The maximum Gasteiger partial charge on any atom is 0.255 e. The van der Waals surface area contributed by atoms with Crippen LogP contribution in [0.4, 0.5) is 5.69 Å². The summed E-state index contributed by atoms with van der Waals surface area (Å²) in [6.45, 7) is 0. The van der Waals surface area contributed by atoms with E-state index < -0.39 is 10.0 Å². The Labute approximate surface area is 135 Å². The second kappa shape index (κ2) is 6.76. The molecule has 122 valence electrons. The van der Waals surface area contributed by atoms with Crippen LogP contribution in [-0.2, 0) is 10.0 Å². The highest BCUT2D eigenvalue weighted by Gasteiger charge is 2.23. The smallest absolute Gasteiger partial charge is 0.255 e. The summed E-state index contributed by atoms with van der Waals surface area (Å²) >= 11 is 0. The molecular weight excluding hydrogens is 318 g/mol. The van der Waals surface area contributed by atoms with E-state index in [0.717, 1.165) is 4.31 Å². The van der Waals surface area contributed by atoms with Crippen LogP contribution >= 0.6 is 0 Å². The highest BCUT2D eigenvalue weighted by Crippen LogP contribution is 2.29. The molecule has 0 atom stereocenters. The maximum atomic E-state index is 12.3. The lowest BCUT2D eigenvalue weighted by Crippen LogP contribution is -2.23. The van der Waals surface area contributed by atoms with Crippen molar-refractivity contribution >= 4 is 21.6 Å². The third-order valence-electron chi connectivity index (χ3n) is 3.12. The van der Waals surface area contributed by atoms with E-state index in [4.69, 9.17) is 4.74 Å². The van der Waals surface area contributed by atoms with E-state index in [1.165, 1.54) is 45.7 Å². The van der Waals surface area contributed by atoms with Crippen molar-refractivity contribution in [2.75, 3.05) is 26.5 Å². The molecule has 1 amide bonds. The van der Waals surface area contributed by atoms with Crippen molar-refractivity contribution in [2.24, 2.45) is 0 Å². The molecule has 1 aromatic carbocycles. The number of rotatable bonds is 5. The first kappa shape index (κ1) is 16.9. The van der Waals surface area contributed by atoms with E-state index in [1.54, 1.807) is 18.2 Å². The van der Waals surface area contributed by atoms with Gasteiger partial charge in [0.25, 0.3) is 5.91 Å². The van der Waals surface area contributed by atoms with Crippen LogP contribution < -0.4 is 10.1 Å². The average molecular weight is 335 g/mol. The summed E-state index contributed by atoms with van der Waals surface area (Å²) in [5, 5.41) is 2.66. The van der Waals surface area contributed by atoms with Crippen molar-refractivity contribution in [3.63, 3.8) is 0 Å². The molecule has 2 aromatic rings. The van der Waals surface area contributed by atoms with Gasteiger partial charge >= 0.3 is 0 Å². The minimum atomic E-state index is -3.70. The first-order valence-corrected chi connectivity index (χ1v) is 8.12. The number of hydrogen-bond acceptors (Lipinski definition) is 5. The molecule has 0 spiro atoms. The quantitative estimate of drug-likeness (QED) is 0.896. The minimum Gasteiger partial charge on any atom is -0.495 e. The molecule has 1 N–H and O–H groups in total. The second-order valence-corrected chi connectivity index (χ2v) is 6.96. The van der Waals surface area contributed by atoms with E-state index >= 15 is 0 Å². The Morgan fingerprint density at radius 3 is 2.39 bits per heavy atom. The number of ether oxygens (including phenoxy) is 1. The van der Waals surface area contributed by atoms with Crippen LogP contribution in [0.2, 0.25) is 0 Å². The number of carbonyl (C=O) groups excluding carboxylic acids is 1. The summed E-state index contributed by atoms with van der Waals surface area (Å²) in [5.41, 5.74) is 0.779. The molecule has 0 saturated heterocycles. The van der Waals surface area contributed by atoms with Gasteiger partial charge < -0.3 is 10.1 Å². The molecule has 7 nitrogen and oxygen atoms in total. The highest BCUT2D eigenvalue weighted by atomic mass is 32.2. The van der Waals surface area contributed by atoms with Gasteiger partial charge in [0.2, 0.25) is 10.0 Å². The Kier molecular flexibility index (Phi) is 4.97. The number of nitrogens with one attached hydrogen (secondary N) is 1. The van der Waals surface area contributed by atoms with E-state index in [0.29, 0.717) is 11.3 Å². The van der Waals surface area contributed by atoms with Crippen LogP contribution in [0.15, 0.2) is 47.6 Å². The normalized spacial score (nSPS) is 11.3. The lowest BCUT2D eigenvalue weighted by atomic mass is 10.2. The Hall–Kier alpha value is -2.45. The number of anilines is 1. The summed E-state index contributed by atoms with van der Waals surface area (Å²) in [4.78, 5) is 16.0. The Balaban J connectivity index is 2.37. The Morgan fingerprint density at radius 1 is 1.17 bits per heavy atom. The standard InChI is InChI=1S/C15H17N3O4S/c1-18(2)23(20,21)14-10-12(4-5-13(14)22-3)17-15(19)11-6-8-16-9-7-11/h4-10H,1-3H3,(H,17,19). The fraction of sp³-hybridized carbons (Fsp3) is 0.200. The van der Waals surface area contributed by atoms with Crippen LogP contribution in [-0.4, -0.2) is 44.8 Å². The summed E-state index contributed by atoms with van der Waals surface area (Å²) in [6, 6.07) is 7.57. The number of pyridine rings is 1. The molecule has 1 aromatic heterocycles. The number of amides is 1. The van der Waals surface area contributed by atoms with Gasteiger partial charge in [-0.1, -0.05) is 0 Å². The van der Waals surface area contributed by atoms with Crippen molar-refractivity contribution in [2.45, 2.75) is 4.90 Å². The van der Waals surface area contributed by atoms with Gasteiger partial charge in [0, 0.05) is 37.7 Å². The molecule has 0 aliphatic rings. The molecule has 0 aliphatic heterocycles. The molecule has 23 heavy (non-hydrogen) atoms. The zero-order valence-electron chi connectivity index (χ0n) is 13.0. The average Bonchev–Trinajstić information content (AvgIpc) is 2.55. The molecule has 0 radical (unpaired) electrons. The zero-order valence-corrected chi connectivity index (χ0v) is 13.8. The van der Waals surface area contributed by atoms with Gasteiger partial charge in [-0.2, -0.15) is 0 Å². The van der Waals surface area contributed by atoms with Gasteiger partial charge in [-0.3, -0.25) is 9.78 Å². The van der Waals surface area contributed by atoms with Crippen LogP contribution in [0.5, 0.6) is 5.75 Å². The van der Waals surface area contributed by atoms with Crippen molar-refractivity contribution < 1.29 is 17.9 Å². The highest BCUT2D eigenvalue weighted by molar-refractivity contribution is 7.89. The van der Waals surface area contributed by atoms with Crippen LogP contribution in [0.3, 0.4) is 0 Å². The Morgan fingerprint density at radius 2 is 1.83 bits per heavy atom. The van der Waals surface area contributed by atoms with Gasteiger partial charge in [-0.05, 0) is 30.3 Å². The second-order valence-electron chi connectivity index (χ2n) is 4.84. The molecule has 1 heterocycles. The van der Waals surface area contributed by atoms with E-state index in [9.17, 15) is 13.2 Å². The first-order chi connectivity index (χ1) is 10.9. The number of benzene rings is 1. The Bertz CT molecular complexity index is 805. The third kappa shape index (κ3) is 3.66. The fourth-order valence-electron chi connectivity index (χ4n) is 1.86. The van der Waals surface area contributed by atoms with Crippen LogP contribution in [0.1, 0.15) is 10.4 Å². The first-order valence-electron chi connectivity index (χ1n) is 6.68. The van der Waals surface area contributed by atoms with Gasteiger partial charge in [-0.15, -0.1) is 0 Å². The van der Waals surface area contributed by atoms with Gasteiger partial charge in [0.05, 0.1) is 7.11 Å². The van der Waals surface area contributed by atoms with Crippen LogP contribution in [0, 0.1) is 0 Å². The molecule has 0 unspecified atom stereocenters. The van der Waals surface area contributed by atoms with Gasteiger partial charge in [0.1, 0.15) is 10.6 Å². The lowest BCUT2D eigenvalue weighted by molar-refractivity contribution is 0.102. The molecule has 2 rings (SSSR count). The van der Waals surface area contributed by atoms with E-state index in [2.05, 4.69) is 10.3 Å². The summed E-state index contributed by atoms with van der Waals surface area (Å²) in [7, 11) is 0.548. The number of nitrogens with zero attached hydrogens (tertiary/aromatic N) is 2. The molecule has 0 bridgehead atoms. The minimum absolute atomic E-state index is 0.0162. The van der Waals surface area contributed by atoms with Crippen molar-refractivity contribution in [3.8, 4) is 5.75 Å². The van der Waals surface area contributed by atoms with Crippen LogP contribution in [0.25, 0.3) is 0 Å². The monoisotopic (exact) mass is 335 g/mol. The molecule has 8 heteroatoms. The third-order valence-corrected chi connectivity index (χ3v) is 4.96. The summed E-state index contributed by atoms with van der Waals surface area (Å²) in [5.74, 6) is -0.147. The lowest BCUT2D eigenvalue weighted by Gasteiger charge is -2.16. The number of methoxy groups -OCH3 is 1. The predicted molar refractivity (Wildman–Crippen MR) is 86.1 cm³/mol. The zero-order chi connectivity index (χ0) is 17.0. The SMILES string of the molecule is COc1ccc(NC(=O)c2ccncc2)cc1S(=O)(=O)N(C)C. The topological polar surface area (TPSA) is 88.6 Å². The molecule has 0 fully saturated rings. The predicted octanol–water partition coefficient (Wildman–Crippen LogP) is 1.59. The van der Waals surface area contributed by atoms with Gasteiger partial charge in [-0.25, -0.2) is 12.7 Å². The summed E-state index contributed by atoms with van der Waals surface area (Å²) < 4.78 is 30.9. The molecule has 0 aliphatic carbocycles. The van der Waals surface area contributed by atoms with E-state index in [-0.39, 0.29) is 16.6 Å². The molecular formula is C15H17N3O4S. The van der Waals surface area contributed by atoms with Crippen molar-refractivity contribution in [3.05, 3.63) is 48.3 Å². The number of carbonyl (C=O) groups is 1. The fourth-order valence-corrected chi connectivity index (χ4v) is 2.93. The van der Waals surface area contributed by atoms with Crippen molar-refractivity contribution in [1.82, 2.24) is 9.29 Å². The van der Waals surface area contributed by atoms with E-state index in [1.807, 2.05) is 0 Å². The van der Waals surface area contributed by atoms with Gasteiger partial charge in [0.15, 0.2) is 0 Å².